The summed E-state index contributed by atoms with van der Waals surface area (Å²) in [6.45, 7) is 2.02. The molecule has 0 saturated carbocycles. The van der Waals surface area contributed by atoms with Crippen LogP contribution in [0.3, 0.4) is 0 Å². The zero-order valence-corrected chi connectivity index (χ0v) is 18.4. The molecule has 0 fully saturated rings. The number of nitrogens with zero attached hydrogens (tertiary/aromatic N) is 1. The summed E-state index contributed by atoms with van der Waals surface area (Å²) >= 11 is 0. The number of benzene rings is 2. The van der Waals surface area contributed by atoms with Crippen molar-refractivity contribution in [2.45, 2.75) is 19.6 Å². The Labute approximate surface area is 181 Å². The third kappa shape index (κ3) is 5.93. The average molecular weight is 496 g/mol. The highest BCUT2D eigenvalue weighted by Crippen LogP contribution is 2.19. The summed E-state index contributed by atoms with van der Waals surface area (Å²) in [5.41, 5.74) is 4.30. The molecule has 7 heteroatoms. The van der Waals surface area contributed by atoms with Crippen LogP contribution < -0.4 is 10.6 Å². The number of hydrogen-bond acceptors (Lipinski definition) is 2. The van der Waals surface area contributed by atoms with E-state index in [1.165, 1.54) is 17.7 Å². The molecule has 0 aliphatic heterocycles. The van der Waals surface area contributed by atoms with E-state index in [4.69, 9.17) is 4.74 Å². The third-order valence-electron chi connectivity index (χ3n) is 4.40. The summed E-state index contributed by atoms with van der Waals surface area (Å²) in [5, 5.41) is 7.69. The number of aromatic nitrogens is 1. The van der Waals surface area contributed by atoms with Crippen LogP contribution in [0, 0.1) is 5.82 Å². The van der Waals surface area contributed by atoms with Gasteiger partial charge in [-0.15, -0.1) is 24.0 Å². The minimum absolute atomic E-state index is 0. The van der Waals surface area contributed by atoms with Gasteiger partial charge < -0.3 is 20.4 Å². The van der Waals surface area contributed by atoms with Crippen LogP contribution in [-0.4, -0.2) is 31.6 Å². The van der Waals surface area contributed by atoms with E-state index in [1.807, 2.05) is 24.4 Å². The molecule has 3 aromatic rings. The second kappa shape index (κ2) is 11.0. The van der Waals surface area contributed by atoms with Crippen LogP contribution in [0.2, 0.25) is 0 Å². The van der Waals surface area contributed by atoms with Crippen molar-refractivity contribution >= 4 is 40.8 Å². The summed E-state index contributed by atoms with van der Waals surface area (Å²) in [6, 6.07) is 13.1. The number of nitrogens with one attached hydrogen (secondary N) is 3. The summed E-state index contributed by atoms with van der Waals surface area (Å²) in [6.07, 6.45) is 2.75. The highest BCUT2D eigenvalue weighted by molar-refractivity contribution is 14.0. The van der Waals surface area contributed by atoms with Crippen LogP contribution >= 0.6 is 24.0 Å². The van der Waals surface area contributed by atoms with Crippen LogP contribution in [0.25, 0.3) is 10.9 Å². The molecule has 2 aromatic carbocycles. The average Bonchev–Trinajstić information content (AvgIpc) is 3.07. The molecule has 1 aromatic heterocycles. The number of aromatic amines is 1. The molecule has 0 amide bonds. The van der Waals surface area contributed by atoms with Gasteiger partial charge in [0.25, 0.3) is 0 Å². The van der Waals surface area contributed by atoms with Gasteiger partial charge in [-0.25, -0.2) is 4.39 Å². The van der Waals surface area contributed by atoms with Gasteiger partial charge in [0.2, 0.25) is 0 Å². The fraction of sp³-hybridized carbons (Fsp3) is 0.286. The number of methoxy groups -OCH3 is 1. The Kier molecular flexibility index (Phi) is 8.72. The van der Waals surface area contributed by atoms with Gasteiger partial charge in [0.15, 0.2) is 5.96 Å². The van der Waals surface area contributed by atoms with E-state index in [2.05, 4.69) is 32.7 Å². The predicted octanol–water partition coefficient (Wildman–Crippen LogP) is 3.98. The van der Waals surface area contributed by atoms with Crippen LogP contribution in [0.1, 0.15) is 16.7 Å². The van der Waals surface area contributed by atoms with Gasteiger partial charge >= 0.3 is 0 Å². The first-order valence-corrected chi connectivity index (χ1v) is 8.96. The van der Waals surface area contributed by atoms with Gasteiger partial charge in [-0.1, -0.05) is 24.3 Å². The summed E-state index contributed by atoms with van der Waals surface area (Å²) in [7, 11) is 3.45. The van der Waals surface area contributed by atoms with E-state index in [0.717, 1.165) is 41.0 Å². The number of hydrogen-bond donors (Lipinski definition) is 3. The van der Waals surface area contributed by atoms with Crippen molar-refractivity contribution in [3.8, 4) is 0 Å². The van der Waals surface area contributed by atoms with E-state index in [-0.39, 0.29) is 29.8 Å². The molecule has 0 saturated heterocycles. The molecule has 1 heterocycles. The topological polar surface area (TPSA) is 61.4 Å². The first-order valence-electron chi connectivity index (χ1n) is 8.96. The fourth-order valence-corrected chi connectivity index (χ4v) is 3.08. The molecule has 28 heavy (non-hydrogen) atoms. The molecule has 3 N–H and O–H groups in total. The molecule has 0 spiro atoms. The largest absolute Gasteiger partial charge is 0.380 e. The molecule has 0 atom stereocenters. The molecule has 150 valence electrons. The Bertz CT molecular complexity index is 926. The van der Waals surface area contributed by atoms with Crippen LogP contribution in [0.4, 0.5) is 4.39 Å². The van der Waals surface area contributed by atoms with Crippen LogP contribution in [-0.2, 0) is 24.3 Å². The van der Waals surface area contributed by atoms with Gasteiger partial charge in [0.05, 0.1) is 6.61 Å². The molecular formula is C21H26FIN4O. The highest BCUT2D eigenvalue weighted by atomic mass is 127. The Hall–Kier alpha value is -2.13. The molecule has 5 nitrogen and oxygen atoms in total. The van der Waals surface area contributed by atoms with E-state index in [0.29, 0.717) is 13.2 Å². The number of aliphatic imine (C=N–C) groups is 1. The minimum atomic E-state index is -0.229. The lowest BCUT2D eigenvalue weighted by molar-refractivity contribution is 0.185. The molecule has 0 aliphatic rings. The first kappa shape index (κ1) is 22.2. The SMILES string of the molecule is CN=C(NCCc1c[nH]c2cc(F)ccc12)NCc1cccc(COC)c1.I. The van der Waals surface area contributed by atoms with Gasteiger partial charge in [-0.2, -0.15) is 0 Å². The van der Waals surface area contributed by atoms with Gasteiger partial charge in [-0.05, 0) is 41.3 Å². The smallest absolute Gasteiger partial charge is 0.191 e. The van der Waals surface area contributed by atoms with Crippen molar-refractivity contribution in [2.75, 3.05) is 20.7 Å². The summed E-state index contributed by atoms with van der Waals surface area (Å²) in [4.78, 5) is 7.39. The Morgan fingerprint density at radius 2 is 1.96 bits per heavy atom. The van der Waals surface area contributed by atoms with Gasteiger partial charge in [0.1, 0.15) is 5.82 Å². The van der Waals surface area contributed by atoms with E-state index < -0.39 is 0 Å². The second-order valence-electron chi connectivity index (χ2n) is 6.36. The zero-order valence-electron chi connectivity index (χ0n) is 16.1. The van der Waals surface area contributed by atoms with Crippen molar-refractivity contribution in [1.82, 2.24) is 15.6 Å². The third-order valence-corrected chi connectivity index (χ3v) is 4.40. The number of guanidine groups is 1. The van der Waals surface area contributed by atoms with Gasteiger partial charge in [-0.3, -0.25) is 4.99 Å². The first-order chi connectivity index (χ1) is 13.2. The molecule has 3 rings (SSSR count). The predicted molar refractivity (Wildman–Crippen MR) is 123 cm³/mol. The standard InChI is InChI=1S/C21H25FN4O.HI/c1-23-21(26-12-15-4-3-5-16(10-15)14-27-2)24-9-8-17-13-25-20-11-18(22)6-7-19(17)20;/h3-7,10-11,13,25H,8-9,12,14H2,1-2H3,(H2,23,24,26);1H. The van der Waals surface area contributed by atoms with Crippen LogP contribution in [0.15, 0.2) is 53.7 Å². The lowest BCUT2D eigenvalue weighted by Crippen LogP contribution is -2.37. The molecule has 0 bridgehead atoms. The number of fused-ring (bicyclic) bond motifs is 1. The minimum Gasteiger partial charge on any atom is -0.380 e. The van der Waals surface area contributed by atoms with Crippen molar-refractivity contribution < 1.29 is 9.13 Å². The van der Waals surface area contributed by atoms with Crippen molar-refractivity contribution in [1.29, 1.82) is 0 Å². The lowest BCUT2D eigenvalue weighted by Gasteiger charge is -2.12. The number of ether oxygens (including phenoxy) is 1. The summed E-state index contributed by atoms with van der Waals surface area (Å²) < 4.78 is 18.5. The maximum absolute atomic E-state index is 13.3. The Morgan fingerprint density at radius 3 is 2.75 bits per heavy atom. The molecule has 0 unspecified atom stereocenters. The maximum atomic E-state index is 13.3. The molecular weight excluding hydrogens is 470 g/mol. The zero-order chi connectivity index (χ0) is 19.1. The van der Waals surface area contributed by atoms with E-state index in [1.54, 1.807) is 14.2 Å². The highest BCUT2D eigenvalue weighted by Gasteiger charge is 2.05. The lowest BCUT2D eigenvalue weighted by atomic mass is 10.1. The fourth-order valence-electron chi connectivity index (χ4n) is 3.08. The van der Waals surface area contributed by atoms with Crippen molar-refractivity contribution in [3.05, 3.63) is 71.2 Å². The van der Waals surface area contributed by atoms with Crippen molar-refractivity contribution in [3.63, 3.8) is 0 Å². The molecule has 0 radical (unpaired) electrons. The number of halogens is 2. The quantitative estimate of drug-likeness (QED) is 0.264. The summed E-state index contributed by atoms with van der Waals surface area (Å²) in [5.74, 6) is 0.520. The van der Waals surface area contributed by atoms with Gasteiger partial charge in [0, 0.05) is 44.3 Å². The number of H-pyrrole nitrogens is 1. The second-order valence-corrected chi connectivity index (χ2v) is 6.36. The van der Waals surface area contributed by atoms with E-state index >= 15 is 0 Å². The maximum Gasteiger partial charge on any atom is 0.191 e. The normalized spacial score (nSPS) is 11.3. The Morgan fingerprint density at radius 1 is 1.14 bits per heavy atom. The monoisotopic (exact) mass is 496 g/mol. The van der Waals surface area contributed by atoms with Crippen LogP contribution in [0.5, 0.6) is 0 Å². The Balaban J connectivity index is 0.00000280. The molecule has 0 aliphatic carbocycles. The van der Waals surface area contributed by atoms with E-state index in [9.17, 15) is 4.39 Å². The number of rotatable bonds is 7. The van der Waals surface area contributed by atoms with Crippen molar-refractivity contribution in [2.24, 2.45) is 4.99 Å².